The topological polar surface area (TPSA) is 8.17 Å². The van der Waals surface area contributed by atoms with Gasteiger partial charge in [0.25, 0.3) is 0 Å². The first-order chi connectivity index (χ1) is 30.8. The standard InChI is InChI=1S/C59H38N2S/c1-4-17-40(18-5-1)59(41-19-6-2-7-20-41)53-36-43(29-33-47(53)52-32-28-39-16-10-11-23-46(39)58(52)59)60(45-31-35-51-50-25-13-15-27-56(50)62-57(51)38-45)44-30-34-49-48-24-12-14-26-54(48)61(55(49)37-44)42-21-8-3-9-22-42/h1-38H. The minimum absolute atomic E-state index is 0.575. The minimum atomic E-state index is -0.575. The van der Waals surface area contributed by atoms with E-state index in [-0.39, 0.29) is 0 Å². The summed E-state index contributed by atoms with van der Waals surface area (Å²) < 4.78 is 5.00. The molecule has 290 valence electrons. The molecule has 0 saturated carbocycles. The van der Waals surface area contributed by atoms with E-state index in [1.807, 2.05) is 11.3 Å². The number of nitrogens with zero attached hydrogens (tertiary/aromatic N) is 2. The van der Waals surface area contributed by atoms with Gasteiger partial charge in [-0.2, -0.15) is 0 Å². The second kappa shape index (κ2) is 13.7. The summed E-state index contributed by atoms with van der Waals surface area (Å²) in [5.74, 6) is 0. The van der Waals surface area contributed by atoms with Crippen LogP contribution in [-0.4, -0.2) is 4.57 Å². The third kappa shape index (κ3) is 5.03. The highest BCUT2D eigenvalue weighted by atomic mass is 32.1. The molecule has 0 aliphatic heterocycles. The van der Waals surface area contributed by atoms with Crippen LogP contribution in [0, 0.1) is 0 Å². The first kappa shape index (κ1) is 35.1. The normalized spacial score (nSPS) is 13.0. The molecule has 0 fully saturated rings. The van der Waals surface area contributed by atoms with Crippen molar-refractivity contribution in [3.05, 3.63) is 253 Å². The SMILES string of the molecule is c1ccc(-n2c3ccccc3c3ccc(N(c4ccc5c(c4)C(c4ccccc4)(c4ccccc4)c4c-5ccc5ccccc45)c4ccc5c(c4)sc4ccccc45)cc32)cc1. The van der Waals surface area contributed by atoms with Crippen LogP contribution < -0.4 is 4.90 Å². The quantitative estimate of drug-likeness (QED) is 0.162. The van der Waals surface area contributed by atoms with E-state index in [9.17, 15) is 0 Å². The van der Waals surface area contributed by atoms with Crippen LogP contribution >= 0.6 is 11.3 Å². The molecule has 0 spiro atoms. The Labute approximate surface area is 363 Å². The molecule has 12 aromatic rings. The Morgan fingerprint density at radius 1 is 0.371 bits per heavy atom. The van der Waals surface area contributed by atoms with Crippen molar-refractivity contribution in [1.29, 1.82) is 0 Å². The molecule has 0 radical (unpaired) electrons. The van der Waals surface area contributed by atoms with Crippen molar-refractivity contribution in [3.63, 3.8) is 0 Å². The number of thiophene rings is 1. The second-order valence-electron chi connectivity index (χ2n) is 16.4. The molecule has 13 rings (SSSR count). The summed E-state index contributed by atoms with van der Waals surface area (Å²) in [5, 5.41) is 7.60. The Bertz CT molecular complexity index is 3660. The Morgan fingerprint density at radius 3 is 1.69 bits per heavy atom. The monoisotopic (exact) mass is 806 g/mol. The Kier molecular flexibility index (Phi) is 7.72. The largest absolute Gasteiger partial charge is 0.310 e. The maximum Gasteiger partial charge on any atom is 0.0720 e. The third-order valence-corrected chi connectivity index (χ3v) is 14.4. The van der Waals surface area contributed by atoms with E-state index in [1.54, 1.807) is 0 Å². The predicted octanol–water partition coefficient (Wildman–Crippen LogP) is 16.1. The summed E-state index contributed by atoms with van der Waals surface area (Å²) in [6.45, 7) is 0. The number of anilines is 3. The zero-order valence-corrected chi connectivity index (χ0v) is 34.6. The van der Waals surface area contributed by atoms with Gasteiger partial charge in [-0.05, 0) is 105 Å². The van der Waals surface area contributed by atoms with Crippen LogP contribution in [0.3, 0.4) is 0 Å². The Morgan fingerprint density at radius 2 is 0.919 bits per heavy atom. The lowest BCUT2D eigenvalue weighted by molar-refractivity contribution is 0.775. The summed E-state index contributed by atoms with van der Waals surface area (Å²) in [6.07, 6.45) is 0. The lowest BCUT2D eigenvalue weighted by Gasteiger charge is -2.35. The fraction of sp³-hybridized carbons (Fsp3) is 0.0169. The summed E-state index contributed by atoms with van der Waals surface area (Å²) in [7, 11) is 0. The van der Waals surface area contributed by atoms with Crippen LogP contribution in [0.15, 0.2) is 231 Å². The zero-order valence-electron chi connectivity index (χ0n) is 33.7. The van der Waals surface area contributed by atoms with Gasteiger partial charge in [0.2, 0.25) is 0 Å². The molecular weight excluding hydrogens is 769 g/mol. The highest BCUT2D eigenvalue weighted by Crippen LogP contribution is 2.59. The Balaban J connectivity index is 1.12. The Hall–Kier alpha value is -7.72. The van der Waals surface area contributed by atoms with Crippen LogP contribution in [0.25, 0.3) is 69.6 Å². The van der Waals surface area contributed by atoms with Gasteiger partial charge in [0.1, 0.15) is 0 Å². The highest BCUT2D eigenvalue weighted by Gasteiger charge is 2.47. The molecular formula is C59H38N2S. The van der Waals surface area contributed by atoms with E-state index in [1.165, 1.54) is 86.1 Å². The molecule has 0 saturated heterocycles. The maximum atomic E-state index is 2.50. The van der Waals surface area contributed by atoms with Crippen LogP contribution in [-0.2, 0) is 5.41 Å². The van der Waals surface area contributed by atoms with Gasteiger partial charge in [0.05, 0.1) is 16.4 Å². The summed E-state index contributed by atoms with van der Waals surface area (Å²) >= 11 is 1.87. The number of rotatable bonds is 6. The van der Waals surface area contributed by atoms with Gasteiger partial charge in [-0.3, -0.25) is 0 Å². The van der Waals surface area contributed by atoms with E-state index >= 15 is 0 Å². The molecule has 1 aliphatic rings. The van der Waals surface area contributed by atoms with Crippen LogP contribution in [0.4, 0.5) is 17.1 Å². The predicted molar refractivity (Wildman–Crippen MR) is 263 cm³/mol. The van der Waals surface area contributed by atoms with Crippen LogP contribution in [0.1, 0.15) is 22.3 Å². The number of hydrogen-bond acceptors (Lipinski definition) is 2. The van der Waals surface area contributed by atoms with Crippen molar-refractivity contribution in [2.24, 2.45) is 0 Å². The fourth-order valence-corrected chi connectivity index (χ4v) is 11.8. The van der Waals surface area contributed by atoms with Crippen molar-refractivity contribution in [2.75, 3.05) is 4.90 Å². The summed E-state index contributed by atoms with van der Waals surface area (Å²) in [5.41, 5.74) is 14.0. The fourth-order valence-electron chi connectivity index (χ4n) is 10.6. The van der Waals surface area contributed by atoms with Gasteiger partial charge in [-0.15, -0.1) is 11.3 Å². The molecule has 10 aromatic carbocycles. The minimum Gasteiger partial charge on any atom is -0.310 e. The molecule has 0 atom stereocenters. The molecule has 2 aromatic heterocycles. The molecule has 1 aliphatic carbocycles. The van der Waals surface area contributed by atoms with E-state index < -0.39 is 5.41 Å². The summed E-state index contributed by atoms with van der Waals surface area (Å²) in [4.78, 5) is 2.48. The number of fused-ring (bicyclic) bond motifs is 11. The molecule has 62 heavy (non-hydrogen) atoms. The number of hydrogen-bond donors (Lipinski definition) is 0. The number of aromatic nitrogens is 1. The lowest BCUT2D eigenvalue weighted by atomic mass is 9.66. The van der Waals surface area contributed by atoms with Crippen molar-refractivity contribution < 1.29 is 0 Å². The third-order valence-electron chi connectivity index (χ3n) is 13.2. The van der Waals surface area contributed by atoms with Gasteiger partial charge in [0.15, 0.2) is 0 Å². The van der Waals surface area contributed by atoms with E-state index in [0.29, 0.717) is 0 Å². The smallest absolute Gasteiger partial charge is 0.0720 e. The number of benzene rings is 10. The van der Waals surface area contributed by atoms with E-state index in [4.69, 9.17) is 0 Å². The highest BCUT2D eigenvalue weighted by molar-refractivity contribution is 7.25. The van der Waals surface area contributed by atoms with Crippen molar-refractivity contribution >= 4 is 81.1 Å². The molecule has 0 N–H and O–H groups in total. The summed E-state index contributed by atoms with van der Waals surface area (Å²) in [6, 6.07) is 85.5. The molecule has 0 unspecified atom stereocenters. The zero-order chi connectivity index (χ0) is 40.8. The van der Waals surface area contributed by atoms with Crippen molar-refractivity contribution in [1.82, 2.24) is 4.57 Å². The van der Waals surface area contributed by atoms with E-state index in [2.05, 4.69) is 240 Å². The lowest BCUT2D eigenvalue weighted by Crippen LogP contribution is -2.29. The van der Waals surface area contributed by atoms with Crippen LogP contribution in [0.2, 0.25) is 0 Å². The second-order valence-corrected chi connectivity index (χ2v) is 17.5. The van der Waals surface area contributed by atoms with Crippen molar-refractivity contribution in [3.8, 4) is 16.8 Å². The molecule has 3 heteroatoms. The molecule has 2 nitrogen and oxygen atoms in total. The molecule has 0 bridgehead atoms. The van der Waals surface area contributed by atoms with E-state index in [0.717, 1.165) is 22.7 Å². The van der Waals surface area contributed by atoms with Crippen LogP contribution in [0.5, 0.6) is 0 Å². The first-order valence-corrected chi connectivity index (χ1v) is 22.2. The van der Waals surface area contributed by atoms with Gasteiger partial charge >= 0.3 is 0 Å². The molecule has 0 amide bonds. The average molecular weight is 807 g/mol. The first-order valence-electron chi connectivity index (χ1n) is 21.3. The molecule has 2 heterocycles. The average Bonchev–Trinajstić information content (AvgIpc) is 3.98. The number of para-hydroxylation sites is 2. The maximum absolute atomic E-state index is 2.50. The van der Waals surface area contributed by atoms with Gasteiger partial charge in [0, 0.05) is 53.7 Å². The van der Waals surface area contributed by atoms with Gasteiger partial charge in [-0.25, -0.2) is 0 Å². The van der Waals surface area contributed by atoms with Crippen molar-refractivity contribution in [2.45, 2.75) is 5.41 Å². The van der Waals surface area contributed by atoms with Gasteiger partial charge < -0.3 is 9.47 Å². The van der Waals surface area contributed by atoms with Gasteiger partial charge in [-0.1, -0.05) is 170 Å².